The van der Waals surface area contributed by atoms with E-state index in [0.29, 0.717) is 18.1 Å². The summed E-state index contributed by atoms with van der Waals surface area (Å²) in [7, 11) is 0. The molecule has 0 radical (unpaired) electrons. The molecule has 2 atom stereocenters. The summed E-state index contributed by atoms with van der Waals surface area (Å²) in [6.07, 6.45) is 1.48. The lowest BCUT2D eigenvalue weighted by Gasteiger charge is -2.26. The molecule has 1 aliphatic heterocycles. The Balaban J connectivity index is 2.07. The minimum absolute atomic E-state index is 0.218. The minimum Gasteiger partial charge on any atom is -0.493 e. The lowest BCUT2D eigenvalue weighted by molar-refractivity contribution is -0.139. The predicted octanol–water partition coefficient (Wildman–Crippen LogP) is 2.46. The maximum Gasteiger partial charge on any atom is 0.307 e. The van der Waals surface area contributed by atoms with E-state index in [1.165, 1.54) is 0 Å². The van der Waals surface area contributed by atoms with Crippen LogP contribution in [0.3, 0.4) is 0 Å². The van der Waals surface area contributed by atoms with Gasteiger partial charge in [0.1, 0.15) is 5.75 Å². The van der Waals surface area contributed by atoms with E-state index < -0.39 is 5.97 Å². The zero-order valence-corrected chi connectivity index (χ0v) is 9.33. The van der Waals surface area contributed by atoms with Crippen molar-refractivity contribution in [2.45, 2.75) is 18.3 Å². The number of aliphatic carboxylic acids is 1. The molecule has 1 aromatic carbocycles. The highest BCUT2D eigenvalue weighted by Crippen LogP contribution is 2.60. The first kappa shape index (κ1) is 9.97. The van der Waals surface area contributed by atoms with Crippen molar-refractivity contribution < 1.29 is 14.6 Å². The van der Waals surface area contributed by atoms with E-state index in [1.807, 2.05) is 12.1 Å². The molecule has 0 bridgehead atoms. The van der Waals surface area contributed by atoms with Crippen LogP contribution in [-0.4, -0.2) is 17.7 Å². The lowest BCUT2D eigenvalue weighted by atomic mass is 9.87. The fourth-order valence-corrected chi connectivity index (χ4v) is 2.87. The fourth-order valence-electron chi connectivity index (χ4n) is 2.70. The maximum atomic E-state index is 11.1. The third-order valence-electron chi connectivity index (χ3n) is 3.66. The van der Waals surface area contributed by atoms with E-state index in [2.05, 4.69) is 0 Å². The highest BCUT2D eigenvalue weighted by atomic mass is 35.5. The van der Waals surface area contributed by atoms with Crippen LogP contribution in [0.2, 0.25) is 5.02 Å². The minimum atomic E-state index is -0.715. The molecule has 1 N–H and O–H groups in total. The number of carbonyl (C=O) groups is 1. The molecule has 0 saturated heterocycles. The Morgan fingerprint density at radius 1 is 1.56 bits per heavy atom. The number of hydrogen-bond donors (Lipinski definition) is 1. The average molecular weight is 239 g/mol. The number of ether oxygens (including phenoxy) is 1. The monoisotopic (exact) mass is 238 g/mol. The Kier molecular flexibility index (Phi) is 1.96. The molecule has 1 fully saturated rings. The van der Waals surface area contributed by atoms with Crippen molar-refractivity contribution in [2.24, 2.45) is 5.92 Å². The Bertz CT molecular complexity index is 471. The van der Waals surface area contributed by atoms with E-state index in [0.717, 1.165) is 17.7 Å². The second kappa shape index (κ2) is 3.14. The maximum absolute atomic E-state index is 11.1. The number of carboxylic acids is 1. The van der Waals surface area contributed by atoms with E-state index in [-0.39, 0.29) is 11.3 Å². The molecule has 3 nitrogen and oxygen atoms in total. The van der Waals surface area contributed by atoms with Crippen LogP contribution in [0, 0.1) is 5.92 Å². The average Bonchev–Trinajstić information content (AvgIpc) is 2.96. The van der Waals surface area contributed by atoms with Crippen molar-refractivity contribution in [1.29, 1.82) is 0 Å². The third kappa shape index (κ3) is 1.24. The van der Waals surface area contributed by atoms with Crippen LogP contribution in [-0.2, 0) is 10.2 Å². The molecule has 1 saturated carbocycles. The topological polar surface area (TPSA) is 46.5 Å². The third-order valence-corrected chi connectivity index (χ3v) is 3.89. The Labute approximate surface area is 98.0 Å². The Morgan fingerprint density at radius 3 is 3.06 bits per heavy atom. The van der Waals surface area contributed by atoms with Gasteiger partial charge in [0.15, 0.2) is 0 Å². The SMILES string of the molecule is O=C(O)[C@H]1C[C@]12CCOc1ccc(Cl)cc12. The summed E-state index contributed by atoms with van der Waals surface area (Å²) in [4.78, 5) is 11.1. The molecule has 1 aromatic rings. The first-order chi connectivity index (χ1) is 7.63. The van der Waals surface area contributed by atoms with Gasteiger partial charge in [-0.05, 0) is 31.0 Å². The highest BCUT2D eigenvalue weighted by Gasteiger charge is 2.61. The summed E-state index contributed by atoms with van der Waals surface area (Å²) < 4.78 is 5.53. The number of rotatable bonds is 1. The number of benzene rings is 1. The molecule has 0 aromatic heterocycles. The Morgan fingerprint density at radius 2 is 2.38 bits per heavy atom. The van der Waals surface area contributed by atoms with Crippen LogP contribution in [0.25, 0.3) is 0 Å². The van der Waals surface area contributed by atoms with Crippen LogP contribution in [0.5, 0.6) is 5.75 Å². The van der Waals surface area contributed by atoms with Crippen LogP contribution in [0.1, 0.15) is 18.4 Å². The molecular formula is C12H11ClO3. The summed E-state index contributed by atoms with van der Waals surface area (Å²) in [5.41, 5.74) is 0.753. The standard InChI is InChI=1S/C12H11ClO3/c13-7-1-2-10-8(5-7)12(3-4-16-10)6-9(12)11(14)15/h1-2,5,9H,3-4,6H2,(H,14,15)/t9-,12+/m1/s1. The van der Waals surface area contributed by atoms with Gasteiger partial charge in [-0.3, -0.25) is 4.79 Å². The molecule has 1 heterocycles. The van der Waals surface area contributed by atoms with Gasteiger partial charge >= 0.3 is 5.97 Å². The molecule has 4 heteroatoms. The summed E-state index contributed by atoms with van der Waals surface area (Å²) in [6.45, 7) is 0.596. The van der Waals surface area contributed by atoms with Gasteiger partial charge in [0, 0.05) is 16.0 Å². The van der Waals surface area contributed by atoms with Crippen LogP contribution < -0.4 is 4.74 Å². The van der Waals surface area contributed by atoms with E-state index in [1.54, 1.807) is 6.07 Å². The van der Waals surface area contributed by atoms with Gasteiger partial charge in [-0.2, -0.15) is 0 Å². The zero-order valence-electron chi connectivity index (χ0n) is 8.57. The van der Waals surface area contributed by atoms with Crippen LogP contribution >= 0.6 is 11.6 Å². The predicted molar refractivity (Wildman–Crippen MR) is 59.0 cm³/mol. The summed E-state index contributed by atoms with van der Waals surface area (Å²) in [5, 5.41) is 9.73. The molecule has 0 unspecified atom stereocenters. The highest BCUT2D eigenvalue weighted by molar-refractivity contribution is 6.30. The molecule has 84 valence electrons. The van der Waals surface area contributed by atoms with Gasteiger partial charge in [0.05, 0.1) is 12.5 Å². The van der Waals surface area contributed by atoms with Crippen molar-refractivity contribution in [2.75, 3.05) is 6.61 Å². The molecule has 1 aliphatic carbocycles. The van der Waals surface area contributed by atoms with Gasteiger partial charge < -0.3 is 9.84 Å². The summed E-state index contributed by atoms with van der Waals surface area (Å²) >= 11 is 5.96. The fraction of sp³-hybridized carbons (Fsp3) is 0.417. The molecule has 2 aliphatic rings. The molecule has 3 rings (SSSR count). The summed E-state index contributed by atoms with van der Waals surface area (Å²) in [6, 6.07) is 5.45. The summed E-state index contributed by atoms with van der Waals surface area (Å²) in [5.74, 6) is -0.194. The quantitative estimate of drug-likeness (QED) is 0.818. The second-order valence-corrected chi connectivity index (χ2v) is 4.93. The first-order valence-electron chi connectivity index (χ1n) is 5.29. The Hall–Kier alpha value is -1.22. The number of fused-ring (bicyclic) bond motifs is 2. The van der Waals surface area contributed by atoms with Gasteiger partial charge in [-0.15, -0.1) is 0 Å². The lowest BCUT2D eigenvalue weighted by Crippen LogP contribution is -2.24. The van der Waals surface area contributed by atoms with Gasteiger partial charge in [0.25, 0.3) is 0 Å². The van der Waals surface area contributed by atoms with Crippen LogP contribution in [0.4, 0.5) is 0 Å². The van der Waals surface area contributed by atoms with Crippen LogP contribution in [0.15, 0.2) is 18.2 Å². The molecule has 0 amide bonds. The molecule has 1 spiro atoms. The first-order valence-corrected chi connectivity index (χ1v) is 5.67. The number of hydrogen-bond acceptors (Lipinski definition) is 2. The van der Waals surface area contributed by atoms with E-state index >= 15 is 0 Å². The van der Waals surface area contributed by atoms with Crippen molar-refractivity contribution in [3.63, 3.8) is 0 Å². The molecular weight excluding hydrogens is 228 g/mol. The zero-order chi connectivity index (χ0) is 11.3. The second-order valence-electron chi connectivity index (χ2n) is 4.49. The van der Waals surface area contributed by atoms with Gasteiger partial charge in [0.2, 0.25) is 0 Å². The van der Waals surface area contributed by atoms with Gasteiger partial charge in [-0.1, -0.05) is 11.6 Å². The van der Waals surface area contributed by atoms with Crippen molar-refractivity contribution in [3.8, 4) is 5.75 Å². The van der Waals surface area contributed by atoms with Crippen molar-refractivity contribution in [1.82, 2.24) is 0 Å². The number of carboxylic acid groups (broad SMARTS) is 1. The van der Waals surface area contributed by atoms with E-state index in [9.17, 15) is 4.79 Å². The van der Waals surface area contributed by atoms with Crippen molar-refractivity contribution >= 4 is 17.6 Å². The molecule has 16 heavy (non-hydrogen) atoms. The van der Waals surface area contributed by atoms with E-state index in [4.69, 9.17) is 21.4 Å². The smallest absolute Gasteiger partial charge is 0.307 e. The largest absolute Gasteiger partial charge is 0.493 e. The number of halogens is 1. The van der Waals surface area contributed by atoms with Gasteiger partial charge in [-0.25, -0.2) is 0 Å². The normalized spacial score (nSPS) is 30.7. The van der Waals surface area contributed by atoms with Crippen molar-refractivity contribution in [3.05, 3.63) is 28.8 Å².